The van der Waals surface area contributed by atoms with E-state index in [-0.39, 0.29) is 24.2 Å². The number of nitrogens with zero attached hydrogens (tertiary/aromatic N) is 3. The Balaban J connectivity index is 1.54. The molecule has 0 unspecified atom stereocenters. The van der Waals surface area contributed by atoms with Gasteiger partial charge in [0.2, 0.25) is 5.91 Å². The van der Waals surface area contributed by atoms with E-state index in [1.807, 2.05) is 60.1 Å². The lowest BCUT2D eigenvalue weighted by molar-refractivity contribution is -0.133. The van der Waals surface area contributed by atoms with Crippen molar-refractivity contribution >= 4 is 23.2 Å². The number of amides is 2. The molecule has 0 aliphatic heterocycles. The third-order valence-corrected chi connectivity index (χ3v) is 7.09. The minimum atomic E-state index is -0.270. The Morgan fingerprint density at radius 1 is 0.895 bits per heavy atom. The fraction of sp³-hybridized carbons (Fsp3) is 0.267. The van der Waals surface area contributed by atoms with Gasteiger partial charge in [-0.1, -0.05) is 48.5 Å². The van der Waals surface area contributed by atoms with E-state index in [0.29, 0.717) is 44.1 Å². The first kappa shape index (κ1) is 27.3. The van der Waals surface area contributed by atoms with Crippen LogP contribution in [0.5, 0.6) is 0 Å². The minimum absolute atomic E-state index is 0.0219. The second-order valence-electron chi connectivity index (χ2n) is 9.04. The molecule has 4 aromatic rings. The van der Waals surface area contributed by atoms with Gasteiger partial charge < -0.3 is 19.1 Å². The van der Waals surface area contributed by atoms with Gasteiger partial charge in [0.05, 0.1) is 11.4 Å². The Labute approximate surface area is 226 Å². The summed E-state index contributed by atoms with van der Waals surface area (Å²) >= 11 is 1.37. The molecule has 6 nitrogen and oxygen atoms in total. The van der Waals surface area contributed by atoms with Gasteiger partial charge in [0.25, 0.3) is 5.91 Å². The van der Waals surface area contributed by atoms with E-state index in [2.05, 4.69) is 4.57 Å². The van der Waals surface area contributed by atoms with Crippen LogP contribution in [0.1, 0.15) is 32.9 Å². The molecule has 0 aliphatic rings. The van der Waals surface area contributed by atoms with Gasteiger partial charge in [-0.05, 0) is 53.3 Å². The van der Waals surface area contributed by atoms with Crippen LogP contribution in [-0.2, 0) is 29.2 Å². The summed E-state index contributed by atoms with van der Waals surface area (Å²) in [4.78, 5) is 31.0. The Bertz CT molecular complexity index is 1290. The zero-order valence-electron chi connectivity index (χ0n) is 21.5. The van der Waals surface area contributed by atoms with Crippen molar-refractivity contribution < 1.29 is 18.7 Å². The predicted octanol–water partition coefficient (Wildman–Crippen LogP) is 5.44. The largest absolute Gasteiger partial charge is 0.385 e. The second kappa shape index (κ2) is 13.7. The number of thiophene rings is 1. The predicted molar refractivity (Wildman–Crippen MR) is 147 cm³/mol. The molecular formula is C30H32FN3O3S. The van der Waals surface area contributed by atoms with Crippen LogP contribution in [0.2, 0.25) is 0 Å². The molecule has 0 bridgehead atoms. The van der Waals surface area contributed by atoms with Crippen molar-refractivity contribution in [2.24, 2.45) is 0 Å². The summed E-state index contributed by atoms with van der Waals surface area (Å²) in [5.41, 5.74) is 2.93. The van der Waals surface area contributed by atoms with Crippen molar-refractivity contribution in [3.63, 3.8) is 0 Å². The molecule has 8 heteroatoms. The molecule has 2 aromatic heterocycles. The normalized spacial score (nSPS) is 10.9. The van der Waals surface area contributed by atoms with Crippen LogP contribution in [0.4, 0.5) is 4.39 Å². The number of ether oxygens (including phenoxy) is 1. The summed E-state index contributed by atoms with van der Waals surface area (Å²) in [6, 6.07) is 23.8. The van der Waals surface area contributed by atoms with Crippen LogP contribution >= 0.6 is 11.3 Å². The Hall–Kier alpha value is -3.75. The molecule has 0 saturated heterocycles. The van der Waals surface area contributed by atoms with Gasteiger partial charge in [-0.2, -0.15) is 0 Å². The molecule has 198 valence electrons. The monoisotopic (exact) mass is 533 g/mol. The van der Waals surface area contributed by atoms with Crippen molar-refractivity contribution in [2.45, 2.75) is 26.1 Å². The molecule has 4 rings (SSSR count). The number of methoxy groups -OCH3 is 1. The lowest BCUT2D eigenvalue weighted by atomic mass is 10.2. The first-order valence-corrected chi connectivity index (χ1v) is 13.4. The SMILES string of the molecule is COCCCN(CC(=O)N(Cc1ccccc1)Cc1cccn1Cc1ccc(F)cc1)C(=O)c1cccs1. The molecule has 0 atom stereocenters. The minimum Gasteiger partial charge on any atom is -0.385 e. The van der Waals surface area contributed by atoms with E-state index < -0.39 is 0 Å². The first-order valence-electron chi connectivity index (χ1n) is 12.6. The van der Waals surface area contributed by atoms with Gasteiger partial charge in [0.1, 0.15) is 12.4 Å². The highest BCUT2D eigenvalue weighted by Gasteiger charge is 2.24. The summed E-state index contributed by atoms with van der Waals surface area (Å²) < 4.78 is 20.6. The molecule has 0 fully saturated rings. The van der Waals surface area contributed by atoms with Gasteiger partial charge in [-0.25, -0.2) is 4.39 Å². The van der Waals surface area contributed by atoms with Crippen LogP contribution in [0, 0.1) is 5.82 Å². The molecule has 38 heavy (non-hydrogen) atoms. The Morgan fingerprint density at radius 2 is 1.68 bits per heavy atom. The summed E-state index contributed by atoms with van der Waals surface area (Å²) in [6.07, 6.45) is 2.60. The molecular weight excluding hydrogens is 501 g/mol. The van der Waals surface area contributed by atoms with Gasteiger partial charge in [0.15, 0.2) is 0 Å². The van der Waals surface area contributed by atoms with Crippen LogP contribution in [-0.4, -0.2) is 53.0 Å². The zero-order valence-corrected chi connectivity index (χ0v) is 22.3. The average molecular weight is 534 g/mol. The summed E-state index contributed by atoms with van der Waals surface area (Å²) in [6.45, 7) is 2.27. The third kappa shape index (κ3) is 7.63. The zero-order chi connectivity index (χ0) is 26.7. The maximum atomic E-state index is 13.8. The number of carbonyl (C=O) groups excluding carboxylic acids is 2. The summed E-state index contributed by atoms with van der Waals surface area (Å²) in [5.74, 6) is -0.553. The Morgan fingerprint density at radius 3 is 2.39 bits per heavy atom. The lowest BCUT2D eigenvalue weighted by Gasteiger charge is -2.28. The van der Waals surface area contributed by atoms with Crippen molar-refractivity contribution in [3.05, 3.63) is 118 Å². The first-order chi connectivity index (χ1) is 18.5. The number of carbonyl (C=O) groups is 2. The standard InChI is InChI=1S/C30H32FN3O3S/c1-37-18-7-17-33(30(36)28-11-6-19-38-28)23-29(35)34(21-24-8-3-2-4-9-24)22-27-10-5-16-32(27)20-25-12-14-26(31)15-13-25/h2-6,8-16,19H,7,17-18,20-23H2,1H3. The van der Waals surface area contributed by atoms with Crippen LogP contribution < -0.4 is 0 Å². The van der Waals surface area contributed by atoms with Crippen molar-refractivity contribution in [1.29, 1.82) is 0 Å². The molecule has 2 aromatic carbocycles. The van der Waals surface area contributed by atoms with Crippen LogP contribution in [0.15, 0.2) is 90.4 Å². The summed E-state index contributed by atoms with van der Waals surface area (Å²) in [7, 11) is 1.62. The van der Waals surface area contributed by atoms with Gasteiger partial charge in [-0.3, -0.25) is 9.59 Å². The fourth-order valence-electron chi connectivity index (χ4n) is 4.24. The quantitative estimate of drug-likeness (QED) is 0.215. The highest BCUT2D eigenvalue weighted by molar-refractivity contribution is 7.12. The molecule has 0 N–H and O–H groups in total. The van der Waals surface area contributed by atoms with E-state index in [1.165, 1.54) is 23.5 Å². The number of halogens is 1. The molecule has 0 spiro atoms. The average Bonchev–Trinajstić information content (AvgIpc) is 3.62. The smallest absolute Gasteiger partial charge is 0.264 e. The molecule has 0 saturated carbocycles. The van der Waals surface area contributed by atoms with E-state index >= 15 is 0 Å². The van der Waals surface area contributed by atoms with E-state index in [4.69, 9.17) is 4.74 Å². The topological polar surface area (TPSA) is 54.8 Å². The highest BCUT2D eigenvalue weighted by atomic mass is 32.1. The van der Waals surface area contributed by atoms with Crippen molar-refractivity contribution in [3.8, 4) is 0 Å². The van der Waals surface area contributed by atoms with E-state index in [0.717, 1.165) is 16.8 Å². The van der Waals surface area contributed by atoms with Crippen molar-refractivity contribution in [1.82, 2.24) is 14.4 Å². The van der Waals surface area contributed by atoms with E-state index in [1.54, 1.807) is 35.1 Å². The maximum absolute atomic E-state index is 13.8. The number of benzene rings is 2. The molecule has 0 aliphatic carbocycles. The van der Waals surface area contributed by atoms with Crippen LogP contribution in [0.25, 0.3) is 0 Å². The van der Waals surface area contributed by atoms with E-state index in [9.17, 15) is 14.0 Å². The van der Waals surface area contributed by atoms with Gasteiger partial charge >= 0.3 is 0 Å². The van der Waals surface area contributed by atoms with Crippen LogP contribution in [0.3, 0.4) is 0 Å². The van der Waals surface area contributed by atoms with Gasteiger partial charge in [0, 0.05) is 45.2 Å². The number of hydrogen-bond donors (Lipinski definition) is 0. The number of hydrogen-bond acceptors (Lipinski definition) is 4. The number of aromatic nitrogens is 1. The number of rotatable bonds is 13. The lowest BCUT2D eigenvalue weighted by Crippen LogP contribution is -2.43. The third-order valence-electron chi connectivity index (χ3n) is 6.23. The molecule has 0 radical (unpaired) electrons. The molecule has 2 heterocycles. The molecule has 2 amide bonds. The second-order valence-corrected chi connectivity index (χ2v) is 9.99. The Kier molecular flexibility index (Phi) is 9.84. The van der Waals surface area contributed by atoms with Crippen molar-refractivity contribution in [2.75, 3.05) is 26.8 Å². The van der Waals surface area contributed by atoms with Gasteiger partial charge in [-0.15, -0.1) is 11.3 Å². The summed E-state index contributed by atoms with van der Waals surface area (Å²) in [5, 5.41) is 1.86. The highest BCUT2D eigenvalue weighted by Crippen LogP contribution is 2.17. The maximum Gasteiger partial charge on any atom is 0.264 e. The fourth-order valence-corrected chi connectivity index (χ4v) is 4.93.